The van der Waals surface area contributed by atoms with Gasteiger partial charge in [-0.25, -0.2) is 4.79 Å². The first kappa shape index (κ1) is 9.77. The molecule has 0 radical (unpaired) electrons. The summed E-state index contributed by atoms with van der Waals surface area (Å²) in [5.41, 5.74) is 1.42. The smallest absolute Gasteiger partial charge is 0.321 e. The van der Waals surface area contributed by atoms with Crippen molar-refractivity contribution in [1.29, 1.82) is 0 Å². The lowest BCUT2D eigenvalue weighted by Gasteiger charge is -2.31. The second-order valence-corrected chi connectivity index (χ2v) is 3.29. The van der Waals surface area contributed by atoms with Crippen LogP contribution in [0.25, 0.3) is 0 Å². The van der Waals surface area contributed by atoms with Gasteiger partial charge in [0, 0.05) is 18.3 Å². The quantitative estimate of drug-likeness (QED) is 0.654. The van der Waals surface area contributed by atoms with Gasteiger partial charge >= 0.3 is 6.03 Å². The molecule has 72 valence electrons. The predicted molar refractivity (Wildman–Crippen MR) is 49.1 cm³/mol. The van der Waals surface area contributed by atoms with Crippen molar-refractivity contribution in [3.05, 3.63) is 11.3 Å². The van der Waals surface area contributed by atoms with Gasteiger partial charge in [-0.3, -0.25) is 4.79 Å². The van der Waals surface area contributed by atoms with Crippen molar-refractivity contribution in [1.82, 2.24) is 10.2 Å². The standard InChI is InChI=1S/C9H14N2O2/c1-5-8(7(3)12)6(2)11(4)9(13)10-5/h5H,1-4H3,(H,10,13). The van der Waals surface area contributed by atoms with E-state index in [1.54, 1.807) is 14.0 Å². The van der Waals surface area contributed by atoms with Gasteiger partial charge in [0.2, 0.25) is 0 Å². The fourth-order valence-electron chi connectivity index (χ4n) is 1.56. The molecule has 4 nitrogen and oxygen atoms in total. The Morgan fingerprint density at radius 2 is 2.08 bits per heavy atom. The van der Waals surface area contributed by atoms with Crippen LogP contribution in [0.4, 0.5) is 4.79 Å². The van der Waals surface area contributed by atoms with E-state index in [1.807, 2.05) is 6.92 Å². The highest BCUT2D eigenvalue weighted by molar-refractivity contribution is 5.97. The molecule has 0 bridgehead atoms. The topological polar surface area (TPSA) is 49.4 Å². The molecule has 1 unspecified atom stereocenters. The van der Waals surface area contributed by atoms with Crippen LogP contribution in [0.15, 0.2) is 11.3 Å². The average Bonchev–Trinajstić information content (AvgIpc) is 1.99. The normalized spacial score (nSPS) is 23.2. The van der Waals surface area contributed by atoms with Gasteiger partial charge in [-0.1, -0.05) is 0 Å². The molecule has 13 heavy (non-hydrogen) atoms. The molecule has 2 amide bonds. The molecule has 1 aliphatic rings. The zero-order valence-electron chi connectivity index (χ0n) is 8.34. The molecule has 0 aliphatic carbocycles. The summed E-state index contributed by atoms with van der Waals surface area (Å²) < 4.78 is 0. The number of Topliss-reactive ketones (excluding diaryl/α,β-unsaturated/α-hetero) is 1. The maximum absolute atomic E-state index is 11.3. The molecular weight excluding hydrogens is 168 g/mol. The highest BCUT2D eigenvalue weighted by Crippen LogP contribution is 2.18. The third-order valence-electron chi connectivity index (χ3n) is 2.35. The molecule has 4 heteroatoms. The largest absolute Gasteiger partial charge is 0.331 e. The molecule has 0 aromatic heterocycles. The fraction of sp³-hybridized carbons (Fsp3) is 0.556. The van der Waals surface area contributed by atoms with Crippen molar-refractivity contribution in [2.24, 2.45) is 0 Å². The Kier molecular flexibility index (Phi) is 2.40. The number of hydrogen-bond donors (Lipinski definition) is 1. The molecule has 0 saturated carbocycles. The van der Waals surface area contributed by atoms with E-state index >= 15 is 0 Å². The van der Waals surface area contributed by atoms with Crippen LogP contribution in [0.3, 0.4) is 0 Å². The summed E-state index contributed by atoms with van der Waals surface area (Å²) in [5.74, 6) is 0.0110. The number of hydrogen-bond acceptors (Lipinski definition) is 2. The van der Waals surface area contributed by atoms with E-state index < -0.39 is 0 Å². The number of ketones is 1. The summed E-state index contributed by atoms with van der Waals surface area (Å²) in [6, 6.07) is -0.337. The van der Waals surface area contributed by atoms with Gasteiger partial charge in [-0.2, -0.15) is 0 Å². The van der Waals surface area contributed by atoms with Crippen LogP contribution in [0.1, 0.15) is 20.8 Å². The van der Waals surface area contributed by atoms with Gasteiger partial charge in [-0.15, -0.1) is 0 Å². The zero-order chi connectivity index (χ0) is 10.2. The van der Waals surface area contributed by atoms with Gasteiger partial charge in [0.1, 0.15) is 0 Å². The lowest BCUT2D eigenvalue weighted by molar-refractivity contribution is -0.114. The molecule has 0 aromatic carbocycles. The van der Waals surface area contributed by atoms with Crippen molar-refractivity contribution in [2.75, 3.05) is 7.05 Å². The number of carbonyl (C=O) groups is 2. The first-order valence-corrected chi connectivity index (χ1v) is 4.21. The molecule has 1 aliphatic heterocycles. The number of nitrogens with zero attached hydrogens (tertiary/aromatic N) is 1. The fourth-order valence-corrected chi connectivity index (χ4v) is 1.56. The number of amides is 2. The third kappa shape index (κ3) is 1.56. The SMILES string of the molecule is CC(=O)C1=C(C)N(C)C(=O)NC1C. The lowest BCUT2D eigenvalue weighted by atomic mass is 10.0. The number of rotatable bonds is 1. The monoisotopic (exact) mass is 182 g/mol. The summed E-state index contributed by atoms with van der Waals surface area (Å²) in [4.78, 5) is 23.9. The molecule has 0 spiro atoms. The summed E-state index contributed by atoms with van der Waals surface area (Å²) in [7, 11) is 1.65. The summed E-state index contributed by atoms with van der Waals surface area (Å²) >= 11 is 0. The second-order valence-electron chi connectivity index (χ2n) is 3.29. The van der Waals surface area contributed by atoms with Gasteiger partial charge in [0.15, 0.2) is 5.78 Å². The van der Waals surface area contributed by atoms with Gasteiger partial charge < -0.3 is 10.2 Å². The van der Waals surface area contributed by atoms with Gasteiger partial charge in [-0.05, 0) is 20.8 Å². The molecule has 0 saturated heterocycles. The van der Waals surface area contributed by atoms with Gasteiger partial charge in [0.25, 0.3) is 0 Å². The Bertz CT molecular complexity index is 294. The van der Waals surface area contributed by atoms with E-state index in [1.165, 1.54) is 11.8 Å². The van der Waals surface area contributed by atoms with Gasteiger partial charge in [0.05, 0.1) is 6.04 Å². The van der Waals surface area contributed by atoms with Crippen molar-refractivity contribution >= 4 is 11.8 Å². The molecule has 1 heterocycles. The van der Waals surface area contributed by atoms with Crippen LogP contribution in [0.2, 0.25) is 0 Å². The first-order valence-electron chi connectivity index (χ1n) is 4.21. The van der Waals surface area contributed by atoms with Crippen molar-refractivity contribution in [3.63, 3.8) is 0 Å². The maximum atomic E-state index is 11.3. The lowest BCUT2D eigenvalue weighted by Crippen LogP contribution is -2.48. The van der Waals surface area contributed by atoms with Crippen LogP contribution in [-0.4, -0.2) is 29.8 Å². The minimum Gasteiger partial charge on any atom is -0.331 e. The molecule has 1 N–H and O–H groups in total. The molecule has 1 atom stereocenters. The maximum Gasteiger partial charge on any atom is 0.321 e. The number of urea groups is 1. The van der Waals surface area contributed by atoms with E-state index in [0.717, 1.165) is 5.70 Å². The molecule has 0 aromatic rings. The average molecular weight is 182 g/mol. The third-order valence-corrected chi connectivity index (χ3v) is 2.35. The van der Waals surface area contributed by atoms with Crippen LogP contribution in [0.5, 0.6) is 0 Å². The van der Waals surface area contributed by atoms with E-state index in [9.17, 15) is 9.59 Å². The second kappa shape index (κ2) is 3.20. The molecule has 0 fully saturated rings. The van der Waals surface area contributed by atoms with E-state index in [2.05, 4.69) is 5.32 Å². The highest BCUT2D eigenvalue weighted by atomic mass is 16.2. The Labute approximate surface area is 77.6 Å². The summed E-state index contributed by atoms with van der Waals surface area (Å²) in [5, 5.41) is 2.70. The van der Waals surface area contributed by atoms with Crippen LogP contribution >= 0.6 is 0 Å². The minimum absolute atomic E-state index is 0.0110. The summed E-state index contributed by atoms with van der Waals surface area (Å²) in [6.45, 7) is 5.11. The number of nitrogens with one attached hydrogen (secondary N) is 1. The zero-order valence-corrected chi connectivity index (χ0v) is 8.34. The highest BCUT2D eigenvalue weighted by Gasteiger charge is 2.27. The van der Waals surface area contributed by atoms with Crippen molar-refractivity contribution < 1.29 is 9.59 Å². The number of allylic oxidation sites excluding steroid dienone is 1. The van der Waals surface area contributed by atoms with E-state index in [4.69, 9.17) is 0 Å². The number of carbonyl (C=O) groups excluding carboxylic acids is 2. The Balaban J connectivity index is 3.14. The van der Waals surface area contributed by atoms with Crippen LogP contribution in [-0.2, 0) is 4.79 Å². The predicted octanol–water partition coefficient (Wildman–Crippen LogP) is 0.893. The van der Waals surface area contributed by atoms with E-state index in [-0.39, 0.29) is 17.9 Å². The minimum atomic E-state index is -0.179. The first-order chi connectivity index (χ1) is 5.95. The van der Waals surface area contributed by atoms with Crippen molar-refractivity contribution in [2.45, 2.75) is 26.8 Å². The Morgan fingerprint density at radius 1 is 1.54 bits per heavy atom. The van der Waals surface area contributed by atoms with Crippen LogP contribution in [0, 0.1) is 0 Å². The Morgan fingerprint density at radius 3 is 2.54 bits per heavy atom. The summed E-state index contributed by atoms with van der Waals surface area (Å²) in [6.07, 6.45) is 0. The van der Waals surface area contributed by atoms with Crippen LogP contribution < -0.4 is 5.32 Å². The van der Waals surface area contributed by atoms with Crippen molar-refractivity contribution in [3.8, 4) is 0 Å². The molecular formula is C9H14N2O2. The molecule has 1 rings (SSSR count). The van der Waals surface area contributed by atoms with E-state index in [0.29, 0.717) is 5.57 Å². The Hall–Kier alpha value is -1.32.